The molecule has 0 fully saturated rings. The van der Waals surface area contributed by atoms with Crippen LogP contribution in [-0.4, -0.2) is 16.0 Å². The average Bonchev–Trinajstić information content (AvgIpc) is 3.13. The van der Waals surface area contributed by atoms with Crippen LogP contribution in [0.2, 0.25) is 0 Å². The van der Waals surface area contributed by atoms with E-state index < -0.39 is 0 Å². The van der Waals surface area contributed by atoms with Crippen LogP contribution in [0.1, 0.15) is 11.1 Å². The largest absolute Gasteiger partial charge is 0.361 e. The van der Waals surface area contributed by atoms with E-state index in [0.717, 1.165) is 12.8 Å². The van der Waals surface area contributed by atoms with Gasteiger partial charge in [-0.15, -0.1) is 0 Å². The summed E-state index contributed by atoms with van der Waals surface area (Å²) in [5, 5.41) is 2.55. The molecule has 4 N–H and O–H groups in total. The van der Waals surface area contributed by atoms with Crippen molar-refractivity contribution in [3.05, 3.63) is 72.1 Å². The zero-order chi connectivity index (χ0) is 14.9. The lowest BCUT2D eigenvalue weighted by atomic mass is 9.99. The van der Waals surface area contributed by atoms with E-state index in [-0.39, 0.29) is 6.04 Å². The van der Waals surface area contributed by atoms with Gasteiger partial charge in [0.15, 0.2) is 0 Å². The Hall–Kier alpha value is -2.52. The van der Waals surface area contributed by atoms with Crippen molar-refractivity contribution < 1.29 is 0 Å². The van der Waals surface area contributed by atoms with Gasteiger partial charge in [-0.3, -0.25) is 0 Å². The summed E-state index contributed by atoms with van der Waals surface area (Å²) in [6.45, 7) is 0. The maximum Gasteiger partial charge on any atom is 0.0456 e. The van der Waals surface area contributed by atoms with Gasteiger partial charge in [-0.25, -0.2) is 0 Å². The van der Waals surface area contributed by atoms with Gasteiger partial charge in [0.25, 0.3) is 0 Å². The van der Waals surface area contributed by atoms with Crippen molar-refractivity contribution >= 4 is 21.8 Å². The number of aromatic amines is 2. The Morgan fingerprint density at radius 1 is 0.727 bits per heavy atom. The van der Waals surface area contributed by atoms with Crippen molar-refractivity contribution in [2.45, 2.75) is 18.9 Å². The fourth-order valence-electron chi connectivity index (χ4n) is 3.24. The van der Waals surface area contributed by atoms with Crippen molar-refractivity contribution in [3.63, 3.8) is 0 Å². The highest BCUT2D eigenvalue weighted by Gasteiger charge is 2.11. The maximum atomic E-state index is 6.41. The van der Waals surface area contributed by atoms with E-state index >= 15 is 0 Å². The fraction of sp³-hybridized carbons (Fsp3) is 0.158. The van der Waals surface area contributed by atoms with E-state index in [2.05, 4.69) is 70.9 Å². The summed E-state index contributed by atoms with van der Waals surface area (Å²) in [5.74, 6) is 0. The van der Waals surface area contributed by atoms with Gasteiger partial charge in [0.1, 0.15) is 0 Å². The van der Waals surface area contributed by atoms with E-state index in [4.69, 9.17) is 5.73 Å². The lowest BCUT2D eigenvalue weighted by molar-refractivity contribution is 0.670. The second-order valence-corrected chi connectivity index (χ2v) is 5.89. The number of benzene rings is 2. The zero-order valence-corrected chi connectivity index (χ0v) is 12.3. The normalized spacial score (nSPS) is 11.7. The number of fused-ring (bicyclic) bond motifs is 2. The molecule has 22 heavy (non-hydrogen) atoms. The summed E-state index contributed by atoms with van der Waals surface area (Å²) < 4.78 is 0. The summed E-state index contributed by atoms with van der Waals surface area (Å²) in [6, 6.07) is 16.9. The van der Waals surface area contributed by atoms with Gasteiger partial charge in [-0.1, -0.05) is 36.4 Å². The Balaban J connectivity index is 1.56. The number of nitrogens with two attached hydrogens (primary N) is 1. The molecule has 0 spiro atoms. The molecule has 0 aliphatic heterocycles. The molecule has 2 aromatic carbocycles. The van der Waals surface area contributed by atoms with Gasteiger partial charge >= 0.3 is 0 Å². The first kappa shape index (κ1) is 13.2. The molecule has 110 valence electrons. The predicted molar refractivity (Wildman–Crippen MR) is 92.0 cm³/mol. The van der Waals surface area contributed by atoms with Crippen molar-refractivity contribution in [2.24, 2.45) is 5.73 Å². The quantitative estimate of drug-likeness (QED) is 0.526. The van der Waals surface area contributed by atoms with E-state index in [9.17, 15) is 0 Å². The maximum absolute atomic E-state index is 6.41. The molecule has 3 heteroatoms. The van der Waals surface area contributed by atoms with Crippen LogP contribution in [0.4, 0.5) is 0 Å². The summed E-state index contributed by atoms with van der Waals surface area (Å²) in [5.41, 5.74) is 11.4. The van der Waals surface area contributed by atoms with Crippen LogP contribution < -0.4 is 5.73 Å². The molecule has 4 aromatic rings. The van der Waals surface area contributed by atoms with Crippen LogP contribution in [0, 0.1) is 0 Å². The highest BCUT2D eigenvalue weighted by molar-refractivity contribution is 5.84. The van der Waals surface area contributed by atoms with Crippen LogP contribution in [0.25, 0.3) is 21.8 Å². The number of aromatic nitrogens is 2. The first-order valence-corrected chi connectivity index (χ1v) is 7.67. The summed E-state index contributed by atoms with van der Waals surface area (Å²) >= 11 is 0. The molecule has 2 heterocycles. The minimum absolute atomic E-state index is 0.110. The average molecular weight is 289 g/mol. The lowest BCUT2D eigenvalue weighted by Crippen LogP contribution is -2.25. The second kappa shape index (κ2) is 5.35. The fourth-order valence-corrected chi connectivity index (χ4v) is 3.24. The van der Waals surface area contributed by atoms with Gasteiger partial charge in [-0.05, 0) is 36.1 Å². The third-order valence-electron chi connectivity index (χ3n) is 4.31. The number of rotatable bonds is 4. The Morgan fingerprint density at radius 3 is 1.68 bits per heavy atom. The van der Waals surface area contributed by atoms with Gasteiger partial charge < -0.3 is 15.7 Å². The molecule has 3 nitrogen and oxygen atoms in total. The molecular formula is C19H19N3. The first-order chi connectivity index (χ1) is 10.8. The number of hydrogen-bond acceptors (Lipinski definition) is 1. The van der Waals surface area contributed by atoms with E-state index in [0.29, 0.717) is 0 Å². The number of hydrogen-bond donors (Lipinski definition) is 3. The third-order valence-corrected chi connectivity index (χ3v) is 4.31. The Morgan fingerprint density at radius 2 is 1.18 bits per heavy atom. The molecule has 0 radical (unpaired) electrons. The lowest BCUT2D eigenvalue weighted by Gasteiger charge is -2.10. The monoisotopic (exact) mass is 289 g/mol. The molecule has 4 rings (SSSR count). The Kier molecular flexibility index (Phi) is 3.20. The van der Waals surface area contributed by atoms with Crippen LogP contribution in [-0.2, 0) is 12.8 Å². The summed E-state index contributed by atoms with van der Waals surface area (Å²) in [6.07, 6.45) is 5.92. The van der Waals surface area contributed by atoms with Crippen LogP contribution in [0.3, 0.4) is 0 Å². The topological polar surface area (TPSA) is 57.6 Å². The van der Waals surface area contributed by atoms with Crippen LogP contribution in [0.15, 0.2) is 60.9 Å². The number of nitrogens with one attached hydrogen (secondary N) is 2. The zero-order valence-electron chi connectivity index (χ0n) is 12.3. The smallest absolute Gasteiger partial charge is 0.0456 e. The molecule has 0 saturated heterocycles. The number of H-pyrrole nitrogens is 2. The molecule has 0 saturated carbocycles. The molecule has 0 amide bonds. The minimum atomic E-state index is 0.110. The molecule has 2 aromatic heterocycles. The molecule has 0 bridgehead atoms. The van der Waals surface area contributed by atoms with Crippen molar-refractivity contribution in [2.75, 3.05) is 0 Å². The third kappa shape index (κ3) is 2.30. The van der Waals surface area contributed by atoms with Gasteiger partial charge in [0.2, 0.25) is 0 Å². The first-order valence-electron chi connectivity index (χ1n) is 7.67. The van der Waals surface area contributed by atoms with Crippen LogP contribution >= 0.6 is 0 Å². The molecule has 0 aliphatic rings. The summed E-state index contributed by atoms with van der Waals surface area (Å²) in [7, 11) is 0. The minimum Gasteiger partial charge on any atom is -0.361 e. The van der Waals surface area contributed by atoms with E-state index in [1.165, 1.54) is 32.9 Å². The second-order valence-electron chi connectivity index (χ2n) is 5.89. The Labute approximate surface area is 129 Å². The molecule has 0 aliphatic carbocycles. The highest BCUT2D eigenvalue weighted by atomic mass is 14.7. The van der Waals surface area contributed by atoms with Crippen molar-refractivity contribution in [1.82, 2.24) is 9.97 Å². The van der Waals surface area contributed by atoms with Gasteiger partial charge in [0.05, 0.1) is 0 Å². The van der Waals surface area contributed by atoms with Gasteiger partial charge in [0, 0.05) is 40.2 Å². The molecule has 0 unspecified atom stereocenters. The van der Waals surface area contributed by atoms with E-state index in [1.54, 1.807) is 0 Å². The van der Waals surface area contributed by atoms with Crippen molar-refractivity contribution in [3.8, 4) is 0 Å². The SMILES string of the molecule is NC(Cc1c[nH]c2ccccc12)Cc1c[nH]c2ccccc12. The van der Waals surface area contributed by atoms with Gasteiger partial charge in [-0.2, -0.15) is 0 Å². The molecular weight excluding hydrogens is 270 g/mol. The highest BCUT2D eigenvalue weighted by Crippen LogP contribution is 2.22. The van der Waals surface area contributed by atoms with E-state index in [1.807, 2.05) is 0 Å². The Bertz CT molecular complexity index is 840. The molecule has 0 atom stereocenters. The van der Waals surface area contributed by atoms with Crippen LogP contribution in [0.5, 0.6) is 0 Å². The predicted octanol–water partition coefficient (Wildman–Crippen LogP) is 3.76. The summed E-state index contributed by atoms with van der Waals surface area (Å²) in [4.78, 5) is 6.64. The standard InChI is InChI=1S/C19H19N3/c20-15(9-13-11-21-18-7-3-1-5-16(13)18)10-14-12-22-19-8-4-2-6-17(14)19/h1-8,11-12,15,21-22H,9-10,20H2. The number of para-hydroxylation sites is 2. The van der Waals surface area contributed by atoms with Crippen molar-refractivity contribution in [1.29, 1.82) is 0 Å².